The summed E-state index contributed by atoms with van der Waals surface area (Å²) in [6.45, 7) is 2.18. The number of ether oxygens (including phenoxy) is 1. The monoisotopic (exact) mass is 376 g/mol. The molecule has 0 fully saturated rings. The lowest BCUT2D eigenvalue weighted by atomic mass is 10.1. The number of sulfonamides is 1. The van der Waals surface area contributed by atoms with Crippen molar-refractivity contribution in [2.24, 2.45) is 0 Å². The van der Waals surface area contributed by atoms with E-state index in [0.717, 1.165) is 15.4 Å². The number of benzene rings is 2. The second-order valence-electron chi connectivity index (χ2n) is 5.99. The summed E-state index contributed by atoms with van der Waals surface area (Å²) in [5, 5.41) is 7.96. The predicted octanol–water partition coefficient (Wildman–Crippen LogP) is 1.63. The summed E-state index contributed by atoms with van der Waals surface area (Å²) in [6, 6.07) is 10.4. The molecule has 26 heavy (non-hydrogen) atoms. The largest absolute Gasteiger partial charge is 0.496 e. The molecule has 0 saturated heterocycles. The number of aromatic nitrogens is 3. The molecule has 0 atom stereocenters. The lowest BCUT2D eigenvalue weighted by Crippen LogP contribution is -2.22. The van der Waals surface area contributed by atoms with Crippen molar-refractivity contribution in [2.75, 3.05) is 21.2 Å². The Morgan fingerprint density at radius 3 is 2.62 bits per heavy atom. The Morgan fingerprint density at radius 2 is 1.92 bits per heavy atom. The van der Waals surface area contributed by atoms with Crippen molar-refractivity contribution in [2.45, 2.75) is 18.4 Å². The SMILES string of the molecule is COc1ccc(C)cc1COn1nnc2ccc(S(=O)(=O)N(C)C)cc21. The smallest absolute Gasteiger partial charge is 0.242 e. The van der Waals surface area contributed by atoms with Crippen LogP contribution in [0.5, 0.6) is 5.75 Å². The second kappa shape index (κ2) is 6.93. The fourth-order valence-electron chi connectivity index (χ4n) is 2.50. The van der Waals surface area contributed by atoms with Crippen molar-refractivity contribution >= 4 is 21.1 Å². The summed E-state index contributed by atoms with van der Waals surface area (Å²) in [6.07, 6.45) is 0. The number of nitrogens with zero attached hydrogens (tertiary/aromatic N) is 4. The maximum Gasteiger partial charge on any atom is 0.242 e. The first-order valence-corrected chi connectivity index (χ1v) is 9.31. The highest BCUT2D eigenvalue weighted by Gasteiger charge is 2.19. The third-order valence-corrected chi connectivity index (χ3v) is 5.75. The first-order chi connectivity index (χ1) is 12.3. The molecule has 0 N–H and O–H groups in total. The summed E-state index contributed by atoms with van der Waals surface area (Å²) >= 11 is 0. The minimum absolute atomic E-state index is 0.148. The topological polar surface area (TPSA) is 86.5 Å². The van der Waals surface area contributed by atoms with Crippen molar-refractivity contribution in [1.29, 1.82) is 0 Å². The van der Waals surface area contributed by atoms with Gasteiger partial charge in [-0.05, 0) is 42.5 Å². The maximum absolute atomic E-state index is 12.3. The molecular weight excluding hydrogens is 356 g/mol. The minimum atomic E-state index is -3.56. The van der Waals surface area contributed by atoms with Crippen molar-refractivity contribution < 1.29 is 18.0 Å². The molecule has 1 aromatic heterocycles. The van der Waals surface area contributed by atoms with Crippen molar-refractivity contribution in [3.63, 3.8) is 0 Å². The molecule has 2 aromatic carbocycles. The molecule has 0 radical (unpaired) electrons. The van der Waals surface area contributed by atoms with E-state index in [1.807, 2.05) is 25.1 Å². The van der Waals surface area contributed by atoms with E-state index < -0.39 is 10.0 Å². The lowest BCUT2D eigenvalue weighted by Gasteiger charge is -2.12. The number of hydrogen-bond acceptors (Lipinski definition) is 6. The van der Waals surface area contributed by atoms with Gasteiger partial charge in [0.2, 0.25) is 10.0 Å². The molecule has 0 saturated carbocycles. The van der Waals surface area contributed by atoms with Crippen LogP contribution in [0.3, 0.4) is 0 Å². The molecule has 0 aliphatic carbocycles. The highest BCUT2D eigenvalue weighted by molar-refractivity contribution is 7.89. The summed E-state index contributed by atoms with van der Waals surface area (Å²) in [5.74, 6) is 0.705. The van der Waals surface area contributed by atoms with E-state index in [0.29, 0.717) is 16.8 Å². The van der Waals surface area contributed by atoms with Crippen molar-refractivity contribution in [3.05, 3.63) is 47.5 Å². The normalized spacial score (nSPS) is 11.9. The first kappa shape index (κ1) is 18.2. The average molecular weight is 376 g/mol. The summed E-state index contributed by atoms with van der Waals surface area (Å²) in [7, 11) is 1.00. The van der Waals surface area contributed by atoms with Crippen LogP contribution in [0.4, 0.5) is 0 Å². The number of rotatable bonds is 6. The standard InChI is InChI=1S/C17H20N4O4S/c1-12-5-8-17(24-4)13(9-12)11-25-21-16-10-14(26(22,23)20(2)3)6-7-15(16)18-19-21/h5-10H,11H2,1-4H3. The third kappa shape index (κ3) is 3.35. The van der Waals surface area contributed by atoms with Gasteiger partial charge >= 0.3 is 0 Å². The number of methoxy groups -OCH3 is 1. The molecule has 8 nitrogen and oxygen atoms in total. The summed E-state index contributed by atoms with van der Waals surface area (Å²) < 4.78 is 31.1. The number of fused-ring (bicyclic) bond motifs is 1. The van der Waals surface area contributed by atoms with Gasteiger partial charge in [0.15, 0.2) is 0 Å². The molecule has 3 aromatic rings. The van der Waals surface area contributed by atoms with Crippen LogP contribution in [0, 0.1) is 6.92 Å². The van der Waals surface area contributed by atoms with Gasteiger partial charge < -0.3 is 9.57 Å². The van der Waals surface area contributed by atoms with Crippen LogP contribution in [-0.4, -0.2) is 49.1 Å². The van der Waals surface area contributed by atoms with E-state index in [1.165, 1.54) is 31.1 Å². The number of hydrogen-bond donors (Lipinski definition) is 0. The van der Waals surface area contributed by atoms with Gasteiger partial charge in [-0.2, -0.15) is 0 Å². The molecule has 3 rings (SSSR count). The van der Waals surface area contributed by atoms with Gasteiger partial charge in [-0.3, -0.25) is 0 Å². The van der Waals surface area contributed by atoms with E-state index in [9.17, 15) is 8.42 Å². The zero-order valence-corrected chi connectivity index (χ0v) is 15.8. The predicted molar refractivity (Wildman–Crippen MR) is 96.4 cm³/mol. The molecule has 0 unspecified atom stereocenters. The second-order valence-corrected chi connectivity index (χ2v) is 8.14. The van der Waals surface area contributed by atoms with Crippen LogP contribution in [0.1, 0.15) is 11.1 Å². The van der Waals surface area contributed by atoms with Gasteiger partial charge in [0.1, 0.15) is 23.4 Å². The number of aryl methyl sites for hydroxylation is 1. The van der Waals surface area contributed by atoms with E-state index in [-0.39, 0.29) is 11.5 Å². The molecular formula is C17H20N4O4S. The summed E-state index contributed by atoms with van der Waals surface area (Å²) in [5.41, 5.74) is 2.94. The molecule has 1 heterocycles. The molecule has 0 bridgehead atoms. The molecule has 0 amide bonds. The Kier molecular flexibility index (Phi) is 4.84. The minimum Gasteiger partial charge on any atom is -0.496 e. The lowest BCUT2D eigenvalue weighted by molar-refractivity contribution is 0.0738. The first-order valence-electron chi connectivity index (χ1n) is 7.87. The zero-order chi connectivity index (χ0) is 18.9. The quantitative estimate of drug-likeness (QED) is 0.650. The van der Waals surface area contributed by atoms with Gasteiger partial charge in [0, 0.05) is 19.7 Å². The van der Waals surface area contributed by atoms with Crippen LogP contribution in [0.25, 0.3) is 11.0 Å². The fraction of sp³-hybridized carbons (Fsp3) is 0.294. The Balaban J connectivity index is 1.93. The molecule has 0 spiro atoms. The molecule has 9 heteroatoms. The maximum atomic E-state index is 12.3. The van der Waals surface area contributed by atoms with Gasteiger partial charge in [-0.25, -0.2) is 12.7 Å². The Labute approximate surface area is 151 Å². The molecule has 0 aliphatic heterocycles. The van der Waals surface area contributed by atoms with Gasteiger partial charge in [0.25, 0.3) is 0 Å². The van der Waals surface area contributed by atoms with Crippen molar-refractivity contribution in [3.8, 4) is 5.75 Å². The summed E-state index contributed by atoms with van der Waals surface area (Å²) in [4.78, 5) is 7.10. The van der Waals surface area contributed by atoms with Gasteiger partial charge in [-0.1, -0.05) is 16.5 Å². The van der Waals surface area contributed by atoms with E-state index in [1.54, 1.807) is 13.2 Å². The van der Waals surface area contributed by atoms with Crippen LogP contribution in [0.15, 0.2) is 41.3 Å². The van der Waals surface area contributed by atoms with Crippen molar-refractivity contribution in [1.82, 2.24) is 19.5 Å². The van der Waals surface area contributed by atoms with Gasteiger partial charge in [0.05, 0.1) is 12.0 Å². The molecule has 138 valence electrons. The van der Waals surface area contributed by atoms with Gasteiger partial charge in [-0.15, -0.1) is 5.10 Å². The zero-order valence-electron chi connectivity index (χ0n) is 15.0. The van der Waals surface area contributed by atoms with Crippen LogP contribution in [0.2, 0.25) is 0 Å². The molecule has 0 aliphatic rings. The van der Waals surface area contributed by atoms with E-state index in [2.05, 4.69) is 10.3 Å². The van der Waals surface area contributed by atoms with E-state index >= 15 is 0 Å². The highest BCUT2D eigenvalue weighted by Crippen LogP contribution is 2.21. The third-order valence-electron chi connectivity index (χ3n) is 3.94. The fourth-order valence-corrected chi connectivity index (χ4v) is 3.42. The van der Waals surface area contributed by atoms with Crippen LogP contribution < -0.4 is 9.57 Å². The Morgan fingerprint density at radius 1 is 1.15 bits per heavy atom. The Hall–Kier alpha value is -2.65. The van der Waals surface area contributed by atoms with E-state index in [4.69, 9.17) is 9.57 Å². The van der Waals surface area contributed by atoms with Crippen LogP contribution >= 0.6 is 0 Å². The Bertz CT molecular complexity index is 1040. The van der Waals surface area contributed by atoms with Crippen LogP contribution in [-0.2, 0) is 16.6 Å². The highest BCUT2D eigenvalue weighted by atomic mass is 32.2. The average Bonchev–Trinajstić information content (AvgIpc) is 3.02.